The summed E-state index contributed by atoms with van der Waals surface area (Å²) in [4.78, 5) is 0. The Kier molecular flexibility index (Phi) is 4.65. The molecule has 0 saturated heterocycles. The fourth-order valence-electron chi connectivity index (χ4n) is 0.875. The molecule has 2 nitrogen and oxygen atoms in total. The van der Waals surface area contributed by atoms with Crippen molar-refractivity contribution < 1.29 is 4.74 Å². The summed E-state index contributed by atoms with van der Waals surface area (Å²) < 4.78 is 5.04. The summed E-state index contributed by atoms with van der Waals surface area (Å²) in [6.07, 6.45) is 1.17. The first-order valence-electron chi connectivity index (χ1n) is 3.86. The molecule has 0 aromatic carbocycles. The van der Waals surface area contributed by atoms with Gasteiger partial charge in [-0.25, -0.2) is 0 Å². The van der Waals surface area contributed by atoms with Crippen molar-refractivity contribution in [1.82, 2.24) is 5.32 Å². The molecule has 0 unspecified atom stereocenters. The first-order chi connectivity index (χ1) is 4.62. The van der Waals surface area contributed by atoms with Crippen LogP contribution >= 0.6 is 0 Å². The predicted octanol–water partition coefficient (Wildman–Crippen LogP) is 1.41. The smallest absolute Gasteiger partial charge is 0.0639 e. The average Bonchev–Trinajstić information content (AvgIpc) is 1.84. The Morgan fingerprint density at radius 1 is 1.40 bits per heavy atom. The number of ether oxygens (including phenoxy) is 1. The molecule has 0 saturated carbocycles. The van der Waals surface area contributed by atoms with Gasteiger partial charge in [-0.05, 0) is 26.8 Å². The van der Waals surface area contributed by atoms with Crippen LogP contribution in [0.1, 0.15) is 27.2 Å². The minimum Gasteiger partial charge on any atom is -0.383 e. The second-order valence-electron chi connectivity index (χ2n) is 3.24. The molecule has 0 aliphatic carbocycles. The van der Waals surface area contributed by atoms with Crippen LogP contribution in [-0.2, 0) is 4.74 Å². The van der Waals surface area contributed by atoms with E-state index < -0.39 is 0 Å². The lowest BCUT2D eigenvalue weighted by atomic mass is 10.1. The van der Waals surface area contributed by atoms with Crippen LogP contribution in [0.25, 0.3) is 0 Å². The van der Waals surface area contributed by atoms with Crippen LogP contribution < -0.4 is 5.32 Å². The molecule has 2 heteroatoms. The summed E-state index contributed by atoms with van der Waals surface area (Å²) in [5.74, 6) is 0. The average molecular weight is 145 g/mol. The molecule has 0 aromatic heterocycles. The molecule has 10 heavy (non-hydrogen) atoms. The Bertz CT molecular complexity index is 81.3. The first kappa shape index (κ1) is 9.92. The molecule has 62 valence electrons. The molecule has 0 aliphatic rings. The van der Waals surface area contributed by atoms with Gasteiger partial charge in [0, 0.05) is 12.6 Å². The lowest BCUT2D eigenvalue weighted by molar-refractivity contribution is 0.129. The van der Waals surface area contributed by atoms with E-state index in [4.69, 9.17) is 4.74 Å². The van der Waals surface area contributed by atoms with Crippen LogP contribution in [0.15, 0.2) is 0 Å². The van der Waals surface area contributed by atoms with Crippen LogP contribution in [0.2, 0.25) is 0 Å². The normalized spacial score (nSPS) is 12.0. The van der Waals surface area contributed by atoms with Gasteiger partial charge in [-0.1, -0.05) is 6.92 Å². The molecule has 0 heterocycles. The monoisotopic (exact) mass is 145 g/mol. The lowest BCUT2D eigenvalue weighted by Gasteiger charge is -2.24. The van der Waals surface area contributed by atoms with Crippen LogP contribution in [0.3, 0.4) is 0 Å². The second-order valence-corrected chi connectivity index (χ2v) is 3.24. The van der Waals surface area contributed by atoms with Crippen LogP contribution in [-0.4, -0.2) is 25.8 Å². The quantitative estimate of drug-likeness (QED) is 0.631. The van der Waals surface area contributed by atoms with Crippen LogP contribution in [0, 0.1) is 0 Å². The number of nitrogens with one attached hydrogen (secondary N) is 1. The molecule has 0 aromatic rings. The highest BCUT2D eigenvalue weighted by molar-refractivity contribution is 4.75. The maximum atomic E-state index is 5.04. The van der Waals surface area contributed by atoms with Gasteiger partial charge >= 0.3 is 0 Å². The molecule has 0 bridgehead atoms. The van der Waals surface area contributed by atoms with Gasteiger partial charge in [-0.2, -0.15) is 0 Å². The van der Waals surface area contributed by atoms with Crippen molar-refractivity contribution in [3.8, 4) is 0 Å². The Morgan fingerprint density at radius 2 is 2.00 bits per heavy atom. The molecule has 1 N–H and O–H groups in total. The van der Waals surface area contributed by atoms with Gasteiger partial charge in [0.25, 0.3) is 0 Å². The zero-order valence-electron chi connectivity index (χ0n) is 7.53. The molecular formula is C8H19NO. The third-order valence-corrected chi connectivity index (χ3v) is 1.36. The second kappa shape index (κ2) is 4.69. The van der Waals surface area contributed by atoms with E-state index in [9.17, 15) is 0 Å². The maximum Gasteiger partial charge on any atom is 0.0639 e. The van der Waals surface area contributed by atoms with E-state index in [0.717, 1.165) is 13.2 Å². The molecule has 0 radical (unpaired) electrons. The zero-order chi connectivity index (χ0) is 8.04. The summed E-state index contributed by atoms with van der Waals surface area (Å²) in [6, 6.07) is 0. The van der Waals surface area contributed by atoms with Gasteiger partial charge in [0.2, 0.25) is 0 Å². The van der Waals surface area contributed by atoms with E-state index in [1.807, 2.05) is 0 Å². The van der Waals surface area contributed by atoms with Gasteiger partial charge in [0.15, 0.2) is 0 Å². The van der Waals surface area contributed by atoms with Crippen LogP contribution in [0.4, 0.5) is 0 Å². The molecular weight excluding hydrogens is 126 g/mol. The summed E-state index contributed by atoms with van der Waals surface area (Å²) in [5, 5.41) is 3.38. The molecule has 0 atom stereocenters. The molecule has 0 rings (SSSR count). The third kappa shape index (κ3) is 4.77. The number of rotatable bonds is 5. The highest BCUT2D eigenvalue weighted by atomic mass is 16.5. The minimum atomic E-state index is 0.130. The first-order valence-corrected chi connectivity index (χ1v) is 3.86. The van der Waals surface area contributed by atoms with Gasteiger partial charge < -0.3 is 10.1 Å². The molecule has 0 amide bonds. The molecule has 0 fully saturated rings. The Hall–Kier alpha value is -0.0800. The highest BCUT2D eigenvalue weighted by Crippen LogP contribution is 2.00. The zero-order valence-corrected chi connectivity index (χ0v) is 7.53. The summed E-state index contributed by atoms with van der Waals surface area (Å²) in [5.41, 5.74) is 0.130. The van der Waals surface area contributed by atoms with E-state index in [2.05, 4.69) is 26.1 Å². The van der Waals surface area contributed by atoms with Crippen molar-refractivity contribution in [3.05, 3.63) is 0 Å². The summed E-state index contributed by atoms with van der Waals surface area (Å²) in [6.45, 7) is 8.29. The lowest BCUT2D eigenvalue weighted by Crippen LogP contribution is -2.43. The molecule has 0 spiro atoms. The number of methoxy groups -OCH3 is 1. The largest absolute Gasteiger partial charge is 0.383 e. The van der Waals surface area contributed by atoms with E-state index in [0.29, 0.717) is 0 Å². The Labute approximate surface area is 64.0 Å². The van der Waals surface area contributed by atoms with Crippen molar-refractivity contribution in [1.29, 1.82) is 0 Å². The van der Waals surface area contributed by atoms with E-state index >= 15 is 0 Å². The number of hydrogen-bond donors (Lipinski definition) is 1. The van der Waals surface area contributed by atoms with Crippen molar-refractivity contribution >= 4 is 0 Å². The van der Waals surface area contributed by atoms with Crippen molar-refractivity contribution in [2.45, 2.75) is 32.7 Å². The summed E-state index contributed by atoms with van der Waals surface area (Å²) in [7, 11) is 1.73. The molecule has 0 aliphatic heterocycles. The Morgan fingerprint density at radius 3 is 2.40 bits per heavy atom. The fourth-order valence-corrected chi connectivity index (χ4v) is 0.875. The SMILES string of the molecule is CCCNC(C)(C)COC. The predicted molar refractivity (Wildman–Crippen MR) is 44.2 cm³/mol. The topological polar surface area (TPSA) is 21.3 Å². The van der Waals surface area contributed by atoms with Crippen molar-refractivity contribution in [3.63, 3.8) is 0 Å². The third-order valence-electron chi connectivity index (χ3n) is 1.36. The van der Waals surface area contributed by atoms with Gasteiger partial charge in [0.1, 0.15) is 0 Å². The van der Waals surface area contributed by atoms with Gasteiger partial charge in [-0.15, -0.1) is 0 Å². The highest BCUT2D eigenvalue weighted by Gasteiger charge is 2.14. The Balaban J connectivity index is 3.42. The summed E-state index contributed by atoms with van der Waals surface area (Å²) >= 11 is 0. The number of hydrogen-bond acceptors (Lipinski definition) is 2. The fraction of sp³-hybridized carbons (Fsp3) is 1.00. The van der Waals surface area contributed by atoms with Crippen LogP contribution in [0.5, 0.6) is 0 Å². The van der Waals surface area contributed by atoms with E-state index in [1.54, 1.807) is 7.11 Å². The minimum absolute atomic E-state index is 0.130. The van der Waals surface area contributed by atoms with E-state index in [1.165, 1.54) is 6.42 Å². The van der Waals surface area contributed by atoms with Crippen molar-refractivity contribution in [2.75, 3.05) is 20.3 Å². The maximum absolute atomic E-state index is 5.04. The standard InChI is InChI=1S/C8H19NO/c1-5-6-9-8(2,3)7-10-4/h9H,5-7H2,1-4H3. The van der Waals surface area contributed by atoms with E-state index in [-0.39, 0.29) is 5.54 Å². The van der Waals surface area contributed by atoms with Gasteiger partial charge in [0.05, 0.1) is 6.61 Å². The van der Waals surface area contributed by atoms with Gasteiger partial charge in [-0.3, -0.25) is 0 Å². The van der Waals surface area contributed by atoms with Crippen molar-refractivity contribution in [2.24, 2.45) is 0 Å².